The quantitative estimate of drug-likeness (QED) is 0.793. The summed E-state index contributed by atoms with van der Waals surface area (Å²) in [5.41, 5.74) is 1.20. The van der Waals surface area contributed by atoms with Crippen LogP contribution in [0.3, 0.4) is 0 Å². The summed E-state index contributed by atoms with van der Waals surface area (Å²) >= 11 is 5.97. The Bertz CT molecular complexity index is 638. The predicted molar refractivity (Wildman–Crippen MR) is 72.6 cm³/mol. The summed E-state index contributed by atoms with van der Waals surface area (Å²) in [6.45, 7) is 1.65. The molecule has 0 aliphatic heterocycles. The molecule has 2 rings (SSSR count). The zero-order chi connectivity index (χ0) is 14.0. The largest absolute Gasteiger partial charge is 0.495 e. The molecular weight excluding hydrogens is 267 g/mol. The molecule has 0 heterocycles. The van der Waals surface area contributed by atoms with Crippen LogP contribution >= 0.6 is 11.6 Å². The second-order valence-electron chi connectivity index (χ2n) is 4.14. The van der Waals surface area contributed by atoms with Crippen molar-refractivity contribution in [1.82, 2.24) is 0 Å². The van der Waals surface area contributed by atoms with E-state index in [0.29, 0.717) is 27.5 Å². The van der Waals surface area contributed by atoms with Crippen molar-refractivity contribution in [3.8, 4) is 5.75 Å². The third-order valence-corrected chi connectivity index (χ3v) is 3.14. The minimum absolute atomic E-state index is 0.275. The van der Waals surface area contributed by atoms with E-state index in [2.05, 4.69) is 0 Å². The third-order valence-electron chi connectivity index (χ3n) is 2.85. The number of hydrogen-bond acceptors (Lipinski definition) is 2. The van der Waals surface area contributed by atoms with Crippen molar-refractivity contribution in [1.29, 1.82) is 0 Å². The molecule has 19 heavy (non-hydrogen) atoms. The fourth-order valence-electron chi connectivity index (χ4n) is 1.71. The number of benzene rings is 2. The average Bonchev–Trinajstić information content (AvgIpc) is 2.41. The molecule has 2 nitrogen and oxygen atoms in total. The molecule has 2 aromatic rings. The van der Waals surface area contributed by atoms with E-state index in [0.717, 1.165) is 0 Å². The molecule has 0 saturated heterocycles. The fourth-order valence-corrected chi connectivity index (χ4v) is 1.97. The molecule has 0 aliphatic carbocycles. The van der Waals surface area contributed by atoms with E-state index in [9.17, 15) is 9.18 Å². The summed E-state index contributed by atoms with van der Waals surface area (Å²) in [4.78, 5) is 12.2. The summed E-state index contributed by atoms with van der Waals surface area (Å²) in [6.07, 6.45) is 0. The van der Waals surface area contributed by atoms with Gasteiger partial charge in [-0.3, -0.25) is 4.79 Å². The highest BCUT2D eigenvalue weighted by molar-refractivity contribution is 6.32. The number of aryl methyl sites for hydroxylation is 1. The maximum absolute atomic E-state index is 13.5. The molecule has 0 saturated carbocycles. The first-order valence-corrected chi connectivity index (χ1v) is 6.05. The van der Waals surface area contributed by atoms with Gasteiger partial charge in [-0.2, -0.15) is 0 Å². The minimum Gasteiger partial charge on any atom is -0.495 e. The molecule has 98 valence electrons. The van der Waals surface area contributed by atoms with E-state index >= 15 is 0 Å². The summed E-state index contributed by atoms with van der Waals surface area (Å²) in [5, 5.41) is 0.348. The van der Waals surface area contributed by atoms with E-state index in [1.54, 1.807) is 31.2 Å². The van der Waals surface area contributed by atoms with Crippen LogP contribution in [0.15, 0.2) is 36.4 Å². The molecular formula is C15H12ClFO2. The number of rotatable bonds is 3. The summed E-state index contributed by atoms with van der Waals surface area (Å²) in [5.74, 6) is -0.179. The van der Waals surface area contributed by atoms with Crippen LogP contribution in [-0.4, -0.2) is 12.9 Å². The van der Waals surface area contributed by atoms with E-state index < -0.39 is 5.82 Å². The van der Waals surface area contributed by atoms with Crippen molar-refractivity contribution in [3.63, 3.8) is 0 Å². The van der Waals surface area contributed by atoms with Crippen molar-refractivity contribution >= 4 is 17.4 Å². The van der Waals surface area contributed by atoms with Gasteiger partial charge in [-0.15, -0.1) is 0 Å². The average molecular weight is 279 g/mol. The number of ether oxygens (including phenoxy) is 1. The molecule has 4 heteroatoms. The van der Waals surface area contributed by atoms with Crippen LogP contribution < -0.4 is 4.74 Å². The van der Waals surface area contributed by atoms with Crippen molar-refractivity contribution in [2.75, 3.05) is 7.11 Å². The molecule has 0 fully saturated rings. The van der Waals surface area contributed by atoms with Gasteiger partial charge in [-0.1, -0.05) is 23.7 Å². The first-order chi connectivity index (χ1) is 9.02. The van der Waals surface area contributed by atoms with Crippen molar-refractivity contribution in [3.05, 3.63) is 63.9 Å². The monoisotopic (exact) mass is 278 g/mol. The summed E-state index contributed by atoms with van der Waals surface area (Å²) in [7, 11) is 1.50. The predicted octanol–water partition coefficient (Wildman–Crippen LogP) is 4.03. The van der Waals surface area contributed by atoms with Gasteiger partial charge in [0.1, 0.15) is 11.6 Å². The smallest absolute Gasteiger partial charge is 0.193 e. The van der Waals surface area contributed by atoms with Crippen LogP contribution in [0.1, 0.15) is 21.5 Å². The van der Waals surface area contributed by atoms with Gasteiger partial charge in [0.15, 0.2) is 5.78 Å². The Hall–Kier alpha value is -1.87. The second-order valence-corrected chi connectivity index (χ2v) is 4.55. The Balaban J connectivity index is 2.38. The number of carbonyl (C=O) groups is 1. The van der Waals surface area contributed by atoms with E-state index in [1.807, 2.05) is 0 Å². The van der Waals surface area contributed by atoms with E-state index in [4.69, 9.17) is 16.3 Å². The molecule has 0 amide bonds. The lowest BCUT2D eigenvalue weighted by molar-refractivity contribution is 0.103. The first-order valence-electron chi connectivity index (χ1n) is 5.67. The summed E-state index contributed by atoms with van der Waals surface area (Å²) in [6, 6.07) is 9.13. The number of hydrogen-bond donors (Lipinski definition) is 0. The number of carbonyl (C=O) groups excluding carboxylic acids is 1. The van der Waals surface area contributed by atoms with E-state index in [-0.39, 0.29) is 5.78 Å². The molecule has 0 spiro atoms. The van der Waals surface area contributed by atoms with Gasteiger partial charge in [0, 0.05) is 11.1 Å². The molecule has 0 atom stereocenters. The standard InChI is InChI=1S/C15H12ClFO2/c1-9-3-4-11(8-13(9)17)15(18)10-5-6-14(19-2)12(16)7-10/h3-8H,1-2H3. The van der Waals surface area contributed by atoms with Gasteiger partial charge in [0.25, 0.3) is 0 Å². The van der Waals surface area contributed by atoms with Crippen LogP contribution in [0, 0.1) is 12.7 Å². The van der Waals surface area contributed by atoms with Gasteiger partial charge in [0.05, 0.1) is 12.1 Å². The molecule has 0 N–H and O–H groups in total. The number of halogens is 2. The highest BCUT2D eigenvalue weighted by Gasteiger charge is 2.12. The molecule has 0 unspecified atom stereocenters. The highest BCUT2D eigenvalue weighted by Crippen LogP contribution is 2.26. The molecule has 2 aromatic carbocycles. The maximum atomic E-state index is 13.5. The lowest BCUT2D eigenvalue weighted by atomic mass is 10.0. The zero-order valence-corrected chi connectivity index (χ0v) is 11.3. The summed E-state index contributed by atoms with van der Waals surface area (Å²) < 4.78 is 18.5. The van der Waals surface area contributed by atoms with Crippen LogP contribution in [0.5, 0.6) is 5.75 Å². The lowest BCUT2D eigenvalue weighted by Gasteiger charge is -2.06. The third kappa shape index (κ3) is 2.76. The first kappa shape index (κ1) is 13.6. The van der Waals surface area contributed by atoms with Gasteiger partial charge in [-0.25, -0.2) is 4.39 Å². The fraction of sp³-hybridized carbons (Fsp3) is 0.133. The molecule has 0 bridgehead atoms. The SMILES string of the molecule is COc1ccc(C(=O)c2ccc(C)c(F)c2)cc1Cl. The maximum Gasteiger partial charge on any atom is 0.193 e. The van der Waals surface area contributed by atoms with Crippen LogP contribution in [0.25, 0.3) is 0 Å². The van der Waals surface area contributed by atoms with E-state index in [1.165, 1.54) is 19.2 Å². The molecule has 0 radical (unpaired) electrons. The van der Waals surface area contributed by atoms with Gasteiger partial charge >= 0.3 is 0 Å². The van der Waals surface area contributed by atoms with Crippen molar-refractivity contribution < 1.29 is 13.9 Å². The van der Waals surface area contributed by atoms with Crippen LogP contribution in [-0.2, 0) is 0 Å². The lowest BCUT2D eigenvalue weighted by Crippen LogP contribution is -2.02. The minimum atomic E-state index is -0.398. The molecule has 0 aliphatic rings. The Morgan fingerprint density at radius 2 is 1.79 bits per heavy atom. The topological polar surface area (TPSA) is 26.3 Å². The molecule has 0 aromatic heterocycles. The highest BCUT2D eigenvalue weighted by atomic mass is 35.5. The van der Waals surface area contributed by atoms with Gasteiger partial charge in [-0.05, 0) is 36.8 Å². The number of methoxy groups -OCH3 is 1. The van der Waals surface area contributed by atoms with Crippen LogP contribution in [0.2, 0.25) is 5.02 Å². The second kappa shape index (κ2) is 5.41. The van der Waals surface area contributed by atoms with Crippen molar-refractivity contribution in [2.24, 2.45) is 0 Å². The zero-order valence-electron chi connectivity index (χ0n) is 10.5. The van der Waals surface area contributed by atoms with Gasteiger partial charge < -0.3 is 4.74 Å². The van der Waals surface area contributed by atoms with Crippen LogP contribution in [0.4, 0.5) is 4.39 Å². The Labute approximate surface area is 115 Å². The Morgan fingerprint density at radius 1 is 1.16 bits per heavy atom. The van der Waals surface area contributed by atoms with Crippen molar-refractivity contribution in [2.45, 2.75) is 6.92 Å². The van der Waals surface area contributed by atoms with Gasteiger partial charge in [0.2, 0.25) is 0 Å². The Morgan fingerprint density at radius 3 is 2.37 bits per heavy atom. The Kier molecular flexibility index (Phi) is 3.86. The number of ketones is 1. The normalized spacial score (nSPS) is 10.3.